The Morgan fingerprint density at radius 2 is 2.23 bits per heavy atom. The highest BCUT2D eigenvalue weighted by atomic mass is 19.1. The topological polar surface area (TPSA) is 96.4 Å². The molecular formula is C22H21FN8. The van der Waals surface area contributed by atoms with E-state index in [4.69, 9.17) is 0 Å². The van der Waals surface area contributed by atoms with Crippen LogP contribution in [0.15, 0.2) is 42.9 Å². The van der Waals surface area contributed by atoms with Crippen molar-refractivity contribution in [2.75, 3.05) is 18.4 Å². The first-order chi connectivity index (χ1) is 15.1. The molecule has 0 unspecified atom stereocenters. The molecule has 2 N–H and O–H groups in total. The van der Waals surface area contributed by atoms with Crippen LogP contribution in [0.3, 0.4) is 0 Å². The first-order valence-electron chi connectivity index (χ1n) is 10.2. The van der Waals surface area contributed by atoms with Gasteiger partial charge in [0.15, 0.2) is 11.6 Å². The summed E-state index contributed by atoms with van der Waals surface area (Å²) in [6, 6.07) is 9.60. The monoisotopic (exact) mass is 416 g/mol. The van der Waals surface area contributed by atoms with E-state index in [9.17, 15) is 9.65 Å². The van der Waals surface area contributed by atoms with Crippen molar-refractivity contribution in [1.29, 1.82) is 5.26 Å². The molecule has 3 aromatic heterocycles. The maximum Gasteiger partial charge on any atom is 0.229 e. The lowest BCUT2D eigenvalue weighted by Gasteiger charge is -2.22. The molecule has 1 fully saturated rings. The molecule has 0 saturated carbocycles. The molecule has 1 atom stereocenters. The van der Waals surface area contributed by atoms with E-state index in [0.29, 0.717) is 17.1 Å². The Hall–Kier alpha value is -3.77. The molecular weight excluding hydrogens is 395 g/mol. The van der Waals surface area contributed by atoms with E-state index in [-0.39, 0.29) is 11.8 Å². The van der Waals surface area contributed by atoms with Gasteiger partial charge in [-0.15, -0.1) is 0 Å². The molecule has 4 heterocycles. The zero-order chi connectivity index (χ0) is 21.4. The van der Waals surface area contributed by atoms with Crippen LogP contribution in [0.1, 0.15) is 30.1 Å². The zero-order valence-electron chi connectivity index (χ0n) is 17.0. The smallest absolute Gasteiger partial charge is 0.229 e. The summed E-state index contributed by atoms with van der Waals surface area (Å²) in [6.45, 7) is 3.85. The molecule has 0 radical (unpaired) electrons. The largest absolute Gasteiger partial charge is 0.321 e. The molecule has 0 bridgehead atoms. The molecule has 31 heavy (non-hydrogen) atoms. The quantitative estimate of drug-likeness (QED) is 0.528. The number of anilines is 2. The van der Waals surface area contributed by atoms with E-state index < -0.39 is 5.82 Å². The predicted octanol–water partition coefficient (Wildman–Crippen LogP) is 3.60. The molecule has 8 nitrogen and oxygen atoms in total. The van der Waals surface area contributed by atoms with E-state index in [0.717, 1.165) is 48.9 Å². The van der Waals surface area contributed by atoms with E-state index in [1.165, 1.54) is 0 Å². The molecule has 0 aliphatic carbocycles. The average molecular weight is 416 g/mol. The van der Waals surface area contributed by atoms with Gasteiger partial charge >= 0.3 is 0 Å². The van der Waals surface area contributed by atoms with Gasteiger partial charge in [0.1, 0.15) is 0 Å². The molecule has 1 aliphatic heterocycles. The Kier molecular flexibility index (Phi) is 4.84. The van der Waals surface area contributed by atoms with Crippen molar-refractivity contribution < 1.29 is 4.39 Å². The summed E-state index contributed by atoms with van der Waals surface area (Å²) < 4.78 is 18.2. The molecule has 4 aromatic rings. The molecule has 0 spiro atoms. The Bertz CT molecular complexity index is 1290. The maximum absolute atomic E-state index is 14.6. The van der Waals surface area contributed by atoms with Crippen molar-refractivity contribution in [2.45, 2.75) is 25.8 Å². The van der Waals surface area contributed by atoms with Crippen LogP contribution >= 0.6 is 0 Å². The third kappa shape index (κ3) is 3.51. The van der Waals surface area contributed by atoms with Gasteiger partial charge in [0.2, 0.25) is 5.95 Å². The fourth-order valence-electron chi connectivity index (χ4n) is 4.01. The van der Waals surface area contributed by atoms with Crippen LogP contribution in [0, 0.1) is 24.1 Å². The van der Waals surface area contributed by atoms with Gasteiger partial charge in [-0.25, -0.2) is 9.37 Å². The van der Waals surface area contributed by atoms with Crippen LogP contribution in [0.25, 0.3) is 16.7 Å². The van der Waals surface area contributed by atoms with Crippen molar-refractivity contribution in [1.82, 2.24) is 29.6 Å². The summed E-state index contributed by atoms with van der Waals surface area (Å²) in [4.78, 5) is 8.52. The first-order valence-corrected chi connectivity index (χ1v) is 10.2. The van der Waals surface area contributed by atoms with Crippen LogP contribution < -0.4 is 10.6 Å². The molecule has 5 rings (SSSR count). The SMILES string of the molecule is Cc1nn([C@H]2CCCNC2)cc1Nc1ncc(F)c(-n2ccc3c(C#N)cccc32)n1. The minimum Gasteiger partial charge on any atom is -0.321 e. The number of aromatic nitrogens is 5. The second-order valence-corrected chi connectivity index (χ2v) is 7.63. The summed E-state index contributed by atoms with van der Waals surface area (Å²) in [7, 11) is 0. The third-order valence-corrected chi connectivity index (χ3v) is 5.62. The number of halogens is 1. The number of nitrogens with zero attached hydrogens (tertiary/aromatic N) is 6. The maximum atomic E-state index is 14.6. The van der Waals surface area contributed by atoms with Crippen molar-refractivity contribution >= 4 is 22.5 Å². The fraction of sp³-hybridized carbons (Fsp3) is 0.273. The standard InChI is InChI=1S/C22H21FN8/c1-14-19(13-31(29-14)16-5-3-8-25-11-16)27-22-26-12-18(23)21(28-22)30-9-7-17-15(10-24)4-2-6-20(17)30/h2,4,6-7,9,12-13,16,25H,3,5,8,11H2,1H3,(H,26,27,28)/t16-/m0/s1. The van der Waals surface area contributed by atoms with Gasteiger partial charge in [0, 0.05) is 24.3 Å². The van der Waals surface area contributed by atoms with Crippen molar-refractivity contribution in [3.05, 3.63) is 59.9 Å². The lowest BCUT2D eigenvalue weighted by Crippen LogP contribution is -2.31. The second-order valence-electron chi connectivity index (χ2n) is 7.63. The van der Waals surface area contributed by atoms with Gasteiger partial charge in [-0.3, -0.25) is 9.25 Å². The normalized spacial score (nSPS) is 16.4. The van der Waals surface area contributed by atoms with Gasteiger partial charge in [-0.1, -0.05) is 6.07 Å². The lowest BCUT2D eigenvalue weighted by atomic mass is 10.1. The molecule has 1 aromatic carbocycles. The fourth-order valence-corrected chi connectivity index (χ4v) is 4.01. The highest BCUT2D eigenvalue weighted by Gasteiger charge is 2.18. The highest BCUT2D eigenvalue weighted by molar-refractivity contribution is 5.87. The number of hydrogen-bond donors (Lipinski definition) is 2. The van der Waals surface area contributed by atoms with Gasteiger partial charge in [0.25, 0.3) is 0 Å². The zero-order valence-corrected chi connectivity index (χ0v) is 17.0. The van der Waals surface area contributed by atoms with Crippen LogP contribution in [0.5, 0.6) is 0 Å². The average Bonchev–Trinajstić information content (AvgIpc) is 3.39. The first kappa shape index (κ1) is 19.2. The number of nitrogens with one attached hydrogen (secondary N) is 2. The summed E-state index contributed by atoms with van der Waals surface area (Å²) in [5, 5.41) is 21.3. The molecule has 1 aliphatic rings. The molecule has 1 saturated heterocycles. The molecule has 0 amide bonds. The predicted molar refractivity (Wildman–Crippen MR) is 115 cm³/mol. The van der Waals surface area contributed by atoms with Gasteiger partial charge in [-0.2, -0.15) is 15.3 Å². The van der Waals surface area contributed by atoms with Crippen LogP contribution in [-0.2, 0) is 0 Å². The van der Waals surface area contributed by atoms with Crippen LogP contribution in [0.2, 0.25) is 0 Å². The van der Waals surface area contributed by atoms with Crippen molar-refractivity contribution in [3.63, 3.8) is 0 Å². The number of rotatable bonds is 4. The second kappa shape index (κ2) is 7.81. The van der Waals surface area contributed by atoms with Gasteiger partial charge in [0.05, 0.1) is 40.8 Å². The Balaban J connectivity index is 1.48. The van der Waals surface area contributed by atoms with Crippen LogP contribution in [-0.4, -0.2) is 37.4 Å². The lowest BCUT2D eigenvalue weighted by molar-refractivity contribution is 0.346. The molecule has 9 heteroatoms. The number of nitriles is 1. The van der Waals surface area contributed by atoms with Crippen LogP contribution in [0.4, 0.5) is 16.0 Å². The summed E-state index contributed by atoms with van der Waals surface area (Å²) >= 11 is 0. The number of fused-ring (bicyclic) bond motifs is 1. The minimum atomic E-state index is -0.550. The van der Waals surface area contributed by atoms with E-state index in [1.54, 1.807) is 29.0 Å². The highest BCUT2D eigenvalue weighted by Crippen LogP contribution is 2.26. The van der Waals surface area contributed by atoms with E-state index >= 15 is 0 Å². The Labute approximate surface area is 178 Å². The Morgan fingerprint density at radius 1 is 1.32 bits per heavy atom. The number of benzene rings is 1. The number of piperidine rings is 1. The minimum absolute atomic E-state index is 0.115. The van der Waals surface area contributed by atoms with Crippen molar-refractivity contribution in [3.8, 4) is 11.9 Å². The van der Waals surface area contributed by atoms with Gasteiger partial charge < -0.3 is 10.6 Å². The summed E-state index contributed by atoms with van der Waals surface area (Å²) in [5.41, 5.74) is 2.85. The Morgan fingerprint density at radius 3 is 3.03 bits per heavy atom. The third-order valence-electron chi connectivity index (χ3n) is 5.62. The summed E-state index contributed by atoms with van der Waals surface area (Å²) in [5.74, 6) is -0.158. The number of hydrogen-bond acceptors (Lipinski definition) is 6. The number of aryl methyl sites for hydroxylation is 1. The summed E-state index contributed by atoms with van der Waals surface area (Å²) in [6.07, 6.45) is 7.00. The van der Waals surface area contributed by atoms with E-state index in [1.807, 2.05) is 23.9 Å². The molecule has 156 valence electrons. The van der Waals surface area contributed by atoms with Crippen molar-refractivity contribution in [2.24, 2.45) is 0 Å². The van der Waals surface area contributed by atoms with E-state index in [2.05, 4.69) is 31.8 Å². The van der Waals surface area contributed by atoms with Gasteiger partial charge in [-0.05, 0) is 44.5 Å².